The minimum absolute atomic E-state index is 0.0723. The lowest BCUT2D eigenvalue weighted by molar-refractivity contribution is 0.234. The predicted octanol–water partition coefficient (Wildman–Crippen LogP) is 0.955. The molecule has 5 N–H and O–H groups in total. The maximum absolute atomic E-state index is 13.4. The van der Waals surface area contributed by atoms with E-state index in [-0.39, 0.29) is 40.9 Å². The van der Waals surface area contributed by atoms with Crippen molar-refractivity contribution in [2.45, 2.75) is 6.92 Å². The fourth-order valence-corrected chi connectivity index (χ4v) is 2.94. The highest BCUT2D eigenvalue weighted by molar-refractivity contribution is 9.10. The third kappa shape index (κ3) is 7.23. The molecule has 2 aromatic rings. The quantitative estimate of drug-likeness (QED) is 0.151. The van der Waals surface area contributed by atoms with E-state index in [0.29, 0.717) is 12.2 Å². The molecule has 2 rings (SSSR count). The molecule has 0 saturated heterocycles. The lowest BCUT2D eigenvalue weighted by Gasteiger charge is -2.09. The van der Waals surface area contributed by atoms with Crippen LogP contribution in [-0.4, -0.2) is 61.6 Å². The van der Waals surface area contributed by atoms with Gasteiger partial charge in [0.2, 0.25) is 21.8 Å². The molecule has 1 aromatic carbocycles. The molecule has 0 aliphatic carbocycles. The van der Waals surface area contributed by atoms with Gasteiger partial charge in [0.05, 0.1) is 23.0 Å². The van der Waals surface area contributed by atoms with Gasteiger partial charge in [-0.2, -0.15) is 0 Å². The van der Waals surface area contributed by atoms with Crippen molar-refractivity contribution in [3.8, 4) is 0 Å². The standard InChI is InChI=1S/C15H20BrFN8O4S/c1-3-18-15(25-30(2,27)28)20-7-6-19-13-12(23-29-24-13)14(22-26)21-9-4-5-11(17)10(16)8-9/h4-5,8,26H,3,6-7H2,1-2H3,(H,19,24)(H,21,22)(H2,18,20,25). The van der Waals surface area contributed by atoms with Crippen LogP contribution in [0.1, 0.15) is 12.6 Å². The maximum atomic E-state index is 13.4. The molecule has 0 spiro atoms. The molecule has 1 heterocycles. The SMILES string of the molecule is CCNC(=NCCNc1nonc1C(=Nc1ccc(F)c(Br)c1)NO)NS(C)(=O)=O. The van der Waals surface area contributed by atoms with E-state index < -0.39 is 15.8 Å². The van der Waals surface area contributed by atoms with E-state index in [1.807, 2.05) is 5.48 Å². The second-order valence-electron chi connectivity index (χ2n) is 5.69. The smallest absolute Gasteiger partial charge is 0.232 e. The molecule has 0 radical (unpaired) electrons. The van der Waals surface area contributed by atoms with Crippen molar-refractivity contribution in [1.29, 1.82) is 0 Å². The Morgan fingerprint density at radius 2 is 2.13 bits per heavy atom. The van der Waals surface area contributed by atoms with Crippen molar-refractivity contribution in [3.63, 3.8) is 0 Å². The molecular weight excluding hydrogens is 487 g/mol. The van der Waals surface area contributed by atoms with E-state index in [2.05, 4.69) is 56.2 Å². The van der Waals surface area contributed by atoms with E-state index in [9.17, 15) is 18.0 Å². The number of amidine groups is 1. The largest absolute Gasteiger partial charge is 0.363 e. The van der Waals surface area contributed by atoms with Crippen LogP contribution in [0.15, 0.2) is 37.3 Å². The van der Waals surface area contributed by atoms with Crippen LogP contribution < -0.4 is 20.8 Å². The Bertz CT molecular complexity index is 1030. The monoisotopic (exact) mass is 506 g/mol. The van der Waals surface area contributed by atoms with Gasteiger partial charge in [-0.15, -0.1) is 0 Å². The number of nitrogens with one attached hydrogen (secondary N) is 4. The first-order valence-corrected chi connectivity index (χ1v) is 11.2. The van der Waals surface area contributed by atoms with Crippen LogP contribution in [0.2, 0.25) is 0 Å². The van der Waals surface area contributed by atoms with Gasteiger partial charge in [-0.25, -0.2) is 22.4 Å². The number of aromatic nitrogens is 2. The number of guanidine groups is 1. The molecule has 15 heteroatoms. The Morgan fingerprint density at radius 3 is 2.77 bits per heavy atom. The minimum Gasteiger partial charge on any atom is -0.363 e. The second kappa shape index (κ2) is 10.8. The van der Waals surface area contributed by atoms with Crippen molar-refractivity contribution in [3.05, 3.63) is 34.2 Å². The average molecular weight is 507 g/mol. The van der Waals surface area contributed by atoms with Crippen molar-refractivity contribution in [2.24, 2.45) is 9.98 Å². The molecule has 0 saturated carbocycles. The summed E-state index contributed by atoms with van der Waals surface area (Å²) >= 11 is 3.06. The van der Waals surface area contributed by atoms with Crippen molar-refractivity contribution >= 4 is 49.3 Å². The van der Waals surface area contributed by atoms with Crippen LogP contribution in [0.25, 0.3) is 0 Å². The van der Waals surface area contributed by atoms with Gasteiger partial charge in [0.1, 0.15) is 5.82 Å². The Kier molecular flexibility index (Phi) is 8.49. The number of benzene rings is 1. The van der Waals surface area contributed by atoms with Crippen LogP contribution >= 0.6 is 15.9 Å². The number of hydroxylamine groups is 1. The van der Waals surface area contributed by atoms with Gasteiger partial charge in [-0.05, 0) is 51.4 Å². The molecular formula is C15H20BrFN8O4S. The highest BCUT2D eigenvalue weighted by Gasteiger charge is 2.16. The number of aliphatic imine (C=N–C) groups is 2. The van der Waals surface area contributed by atoms with Gasteiger partial charge < -0.3 is 10.6 Å². The highest BCUT2D eigenvalue weighted by atomic mass is 79.9. The lowest BCUT2D eigenvalue weighted by atomic mass is 10.3. The number of hydrogen-bond donors (Lipinski definition) is 5. The molecule has 0 unspecified atom stereocenters. The van der Waals surface area contributed by atoms with Crippen LogP contribution in [0, 0.1) is 5.82 Å². The number of halogens is 2. The van der Waals surface area contributed by atoms with Gasteiger partial charge in [0.25, 0.3) is 0 Å². The summed E-state index contributed by atoms with van der Waals surface area (Å²) in [5, 5.41) is 22.5. The fourth-order valence-electron chi connectivity index (χ4n) is 2.08. The molecule has 0 amide bonds. The van der Waals surface area contributed by atoms with E-state index in [4.69, 9.17) is 0 Å². The summed E-state index contributed by atoms with van der Waals surface area (Å²) in [6.45, 7) is 2.70. The van der Waals surface area contributed by atoms with E-state index >= 15 is 0 Å². The number of hydrogen-bond acceptors (Lipinski definition) is 9. The number of sulfonamides is 1. The third-order valence-corrected chi connectivity index (χ3v) is 4.44. The van der Waals surface area contributed by atoms with Crippen LogP contribution in [0.4, 0.5) is 15.9 Å². The maximum Gasteiger partial charge on any atom is 0.232 e. The molecule has 0 bridgehead atoms. The summed E-state index contributed by atoms with van der Waals surface area (Å²) in [5.41, 5.74) is 2.31. The summed E-state index contributed by atoms with van der Waals surface area (Å²) in [4.78, 5) is 8.26. The third-order valence-electron chi connectivity index (χ3n) is 3.26. The molecule has 0 atom stereocenters. The molecule has 30 heavy (non-hydrogen) atoms. The van der Waals surface area contributed by atoms with Crippen molar-refractivity contribution < 1.29 is 22.6 Å². The van der Waals surface area contributed by atoms with Gasteiger partial charge in [-0.1, -0.05) is 0 Å². The first kappa shape index (κ1) is 23.5. The van der Waals surface area contributed by atoms with Crippen molar-refractivity contribution in [2.75, 3.05) is 31.2 Å². The predicted molar refractivity (Wildman–Crippen MR) is 112 cm³/mol. The van der Waals surface area contributed by atoms with Gasteiger partial charge in [0, 0.05) is 13.1 Å². The highest BCUT2D eigenvalue weighted by Crippen LogP contribution is 2.23. The van der Waals surface area contributed by atoms with E-state index in [0.717, 1.165) is 6.26 Å². The first-order chi connectivity index (χ1) is 14.2. The summed E-state index contributed by atoms with van der Waals surface area (Å²) in [6, 6.07) is 4.03. The Labute approximate surface area is 180 Å². The second-order valence-corrected chi connectivity index (χ2v) is 8.30. The van der Waals surface area contributed by atoms with E-state index in [1.54, 1.807) is 6.92 Å². The number of anilines is 1. The summed E-state index contributed by atoms with van der Waals surface area (Å²) in [5.74, 6) is -0.275. The number of rotatable bonds is 8. The molecule has 0 aliphatic rings. The lowest BCUT2D eigenvalue weighted by Crippen LogP contribution is -2.40. The van der Waals surface area contributed by atoms with Crippen molar-refractivity contribution in [1.82, 2.24) is 25.8 Å². The van der Waals surface area contributed by atoms with E-state index in [1.165, 1.54) is 18.2 Å². The zero-order valence-electron chi connectivity index (χ0n) is 16.0. The van der Waals surface area contributed by atoms with Crippen LogP contribution in [-0.2, 0) is 10.0 Å². The first-order valence-electron chi connectivity index (χ1n) is 8.50. The summed E-state index contributed by atoms with van der Waals surface area (Å²) < 4.78 is 43.2. The molecule has 164 valence electrons. The Hall–Kier alpha value is -2.78. The van der Waals surface area contributed by atoms with Gasteiger partial charge >= 0.3 is 0 Å². The fraction of sp³-hybridized carbons (Fsp3) is 0.333. The molecule has 1 aromatic heterocycles. The molecule has 0 fully saturated rings. The zero-order valence-corrected chi connectivity index (χ0v) is 18.4. The Morgan fingerprint density at radius 1 is 1.37 bits per heavy atom. The van der Waals surface area contributed by atoms with Crippen LogP contribution in [0.5, 0.6) is 0 Å². The summed E-state index contributed by atoms with van der Waals surface area (Å²) in [6.07, 6.45) is 1.02. The average Bonchev–Trinajstić information content (AvgIpc) is 3.13. The van der Waals surface area contributed by atoms with Gasteiger partial charge in [0.15, 0.2) is 11.5 Å². The Balaban J connectivity index is 2.09. The van der Waals surface area contributed by atoms with Crippen LogP contribution in [0.3, 0.4) is 0 Å². The zero-order chi connectivity index (χ0) is 22.1. The molecule has 0 aliphatic heterocycles. The summed E-state index contributed by atoms with van der Waals surface area (Å²) in [7, 11) is -3.46. The topological polar surface area (TPSA) is 166 Å². The number of nitrogens with zero attached hydrogens (tertiary/aromatic N) is 4. The molecule has 12 nitrogen and oxygen atoms in total. The normalized spacial score (nSPS) is 12.6. The minimum atomic E-state index is -3.46. The van der Waals surface area contributed by atoms with Gasteiger partial charge in [-0.3, -0.25) is 20.4 Å².